The fraction of sp³-hybridized carbons (Fsp3) is 0.400. The molecule has 2 heterocycles. The van der Waals surface area contributed by atoms with Crippen LogP contribution in [0.15, 0.2) is 23.7 Å². The second-order valence-electron chi connectivity index (χ2n) is 5.55. The Bertz CT molecular complexity index is 820. The van der Waals surface area contributed by atoms with Gasteiger partial charge in [-0.3, -0.25) is 4.31 Å². The molecule has 1 aromatic heterocycles. The SMILES string of the molecule is Cc1ncsc1CCS(=O)(=O)N1CCN(C)c2cc(Cl)ccc21. The Morgan fingerprint density at radius 2 is 2.09 bits per heavy atom. The van der Waals surface area contributed by atoms with Crippen molar-refractivity contribution in [1.29, 1.82) is 0 Å². The molecule has 0 radical (unpaired) electrons. The predicted molar refractivity (Wildman–Crippen MR) is 96.4 cm³/mol. The Morgan fingerprint density at radius 3 is 2.78 bits per heavy atom. The first-order valence-corrected chi connectivity index (χ1v) is 10.2. The number of likely N-dealkylation sites (N-methyl/N-ethyl adjacent to an activating group) is 1. The van der Waals surface area contributed by atoms with Crippen molar-refractivity contribution in [2.75, 3.05) is 35.1 Å². The highest BCUT2D eigenvalue weighted by Gasteiger charge is 2.29. The molecule has 0 amide bonds. The summed E-state index contributed by atoms with van der Waals surface area (Å²) in [6.07, 6.45) is 0.494. The maximum absolute atomic E-state index is 12.8. The van der Waals surface area contributed by atoms with Crippen LogP contribution in [-0.2, 0) is 16.4 Å². The van der Waals surface area contributed by atoms with Crippen LogP contribution in [0.4, 0.5) is 11.4 Å². The molecular weight excluding hydrogens is 354 g/mol. The van der Waals surface area contributed by atoms with Crippen LogP contribution in [0.25, 0.3) is 0 Å². The van der Waals surface area contributed by atoms with Gasteiger partial charge >= 0.3 is 0 Å². The summed E-state index contributed by atoms with van der Waals surface area (Å²) in [5, 5.41) is 0.607. The number of anilines is 2. The van der Waals surface area contributed by atoms with Gasteiger partial charge in [-0.15, -0.1) is 11.3 Å². The second-order valence-corrected chi connectivity index (χ2v) is 8.94. The Balaban J connectivity index is 1.86. The summed E-state index contributed by atoms with van der Waals surface area (Å²) in [5.74, 6) is 0.0851. The molecule has 0 saturated heterocycles. The molecule has 0 N–H and O–H groups in total. The van der Waals surface area contributed by atoms with Gasteiger partial charge in [-0.05, 0) is 31.5 Å². The van der Waals surface area contributed by atoms with Gasteiger partial charge in [0.15, 0.2) is 0 Å². The van der Waals surface area contributed by atoms with Crippen molar-refractivity contribution in [1.82, 2.24) is 4.98 Å². The first kappa shape index (κ1) is 16.5. The fourth-order valence-corrected chi connectivity index (χ4v) is 5.26. The van der Waals surface area contributed by atoms with E-state index in [4.69, 9.17) is 11.6 Å². The molecule has 1 aromatic carbocycles. The average molecular weight is 372 g/mol. The van der Waals surface area contributed by atoms with E-state index in [0.717, 1.165) is 16.3 Å². The van der Waals surface area contributed by atoms with Gasteiger partial charge in [0, 0.05) is 23.5 Å². The quantitative estimate of drug-likeness (QED) is 0.829. The zero-order valence-electron chi connectivity index (χ0n) is 13.0. The van der Waals surface area contributed by atoms with Gasteiger partial charge in [0.2, 0.25) is 10.0 Å². The van der Waals surface area contributed by atoms with Crippen molar-refractivity contribution >= 4 is 44.3 Å². The van der Waals surface area contributed by atoms with E-state index in [-0.39, 0.29) is 5.75 Å². The fourth-order valence-electron chi connectivity index (χ4n) is 2.68. The number of aromatic nitrogens is 1. The summed E-state index contributed by atoms with van der Waals surface area (Å²) >= 11 is 7.55. The van der Waals surface area contributed by atoms with Crippen LogP contribution in [0.5, 0.6) is 0 Å². The summed E-state index contributed by atoms with van der Waals surface area (Å²) in [6.45, 7) is 3.01. The van der Waals surface area contributed by atoms with Crippen LogP contribution in [0.3, 0.4) is 0 Å². The van der Waals surface area contributed by atoms with Gasteiger partial charge in [0.05, 0.1) is 34.9 Å². The van der Waals surface area contributed by atoms with Crippen molar-refractivity contribution in [2.24, 2.45) is 0 Å². The number of hydrogen-bond donors (Lipinski definition) is 0. The number of fused-ring (bicyclic) bond motifs is 1. The Hall–Kier alpha value is -1.31. The average Bonchev–Trinajstić information content (AvgIpc) is 2.91. The van der Waals surface area contributed by atoms with Crippen molar-refractivity contribution < 1.29 is 8.42 Å². The number of aryl methyl sites for hydroxylation is 2. The highest BCUT2D eigenvalue weighted by molar-refractivity contribution is 7.92. The van der Waals surface area contributed by atoms with Crippen LogP contribution in [0, 0.1) is 6.92 Å². The van der Waals surface area contributed by atoms with Gasteiger partial charge in [-0.25, -0.2) is 13.4 Å². The van der Waals surface area contributed by atoms with E-state index >= 15 is 0 Å². The first-order chi connectivity index (χ1) is 10.9. The van der Waals surface area contributed by atoms with E-state index in [1.165, 1.54) is 15.6 Å². The van der Waals surface area contributed by atoms with Crippen LogP contribution in [-0.4, -0.2) is 39.3 Å². The molecule has 0 fully saturated rings. The molecule has 1 aliphatic rings. The molecule has 5 nitrogen and oxygen atoms in total. The van der Waals surface area contributed by atoms with Gasteiger partial charge in [0.1, 0.15) is 0 Å². The minimum Gasteiger partial charge on any atom is -0.371 e. The maximum atomic E-state index is 12.8. The zero-order valence-corrected chi connectivity index (χ0v) is 15.4. The number of halogens is 1. The summed E-state index contributed by atoms with van der Waals surface area (Å²) < 4.78 is 27.1. The topological polar surface area (TPSA) is 53.5 Å². The van der Waals surface area contributed by atoms with Crippen molar-refractivity contribution in [3.8, 4) is 0 Å². The first-order valence-electron chi connectivity index (χ1n) is 7.28. The lowest BCUT2D eigenvalue weighted by Crippen LogP contribution is -2.43. The van der Waals surface area contributed by atoms with Crippen molar-refractivity contribution in [3.63, 3.8) is 0 Å². The molecule has 0 spiro atoms. The molecule has 0 saturated carbocycles. The number of thiazole rings is 1. The van der Waals surface area contributed by atoms with Gasteiger partial charge in [-0.1, -0.05) is 11.6 Å². The Morgan fingerprint density at radius 1 is 1.30 bits per heavy atom. The maximum Gasteiger partial charge on any atom is 0.235 e. The van der Waals surface area contributed by atoms with Crippen molar-refractivity contribution in [2.45, 2.75) is 13.3 Å². The highest BCUT2D eigenvalue weighted by Crippen LogP contribution is 2.36. The second kappa shape index (κ2) is 6.30. The van der Waals surface area contributed by atoms with Gasteiger partial charge < -0.3 is 4.90 Å². The lowest BCUT2D eigenvalue weighted by molar-refractivity contribution is 0.588. The third kappa shape index (κ3) is 3.32. The minimum atomic E-state index is -3.38. The molecule has 0 atom stereocenters. The number of sulfonamides is 1. The molecule has 0 unspecified atom stereocenters. The van der Waals surface area contributed by atoms with E-state index in [1.54, 1.807) is 17.6 Å². The third-order valence-corrected chi connectivity index (χ3v) is 7.02. The summed E-state index contributed by atoms with van der Waals surface area (Å²) in [7, 11) is -1.44. The molecule has 23 heavy (non-hydrogen) atoms. The molecule has 2 aromatic rings. The van der Waals surface area contributed by atoms with E-state index < -0.39 is 10.0 Å². The van der Waals surface area contributed by atoms with Crippen LogP contribution < -0.4 is 9.21 Å². The van der Waals surface area contributed by atoms with E-state index in [1.807, 2.05) is 24.9 Å². The molecule has 124 valence electrons. The lowest BCUT2D eigenvalue weighted by Gasteiger charge is -2.36. The Kier molecular flexibility index (Phi) is 4.53. The van der Waals surface area contributed by atoms with E-state index in [9.17, 15) is 8.42 Å². The number of nitrogens with zero attached hydrogens (tertiary/aromatic N) is 3. The summed E-state index contributed by atoms with van der Waals surface area (Å²) in [5.41, 5.74) is 4.21. The van der Waals surface area contributed by atoms with E-state index in [2.05, 4.69) is 4.98 Å². The van der Waals surface area contributed by atoms with Crippen LogP contribution >= 0.6 is 22.9 Å². The highest BCUT2D eigenvalue weighted by atomic mass is 35.5. The van der Waals surface area contributed by atoms with Crippen LogP contribution in [0.2, 0.25) is 5.02 Å². The monoisotopic (exact) mass is 371 g/mol. The van der Waals surface area contributed by atoms with Crippen molar-refractivity contribution in [3.05, 3.63) is 39.3 Å². The van der Waals surface area contributed by atoms with E-state index in [0.29, 0.717) is 30.2 Å². The predicted octanol–water partition coefficient (Wildman–Crippen LogP) is 2.93. The number of hydrogen-bond acceptors (Lipinski definition) is 5. The largest absolute Gasteiger partial charge is 0.371 e. The number of benzene rings is 1. The van der Waals surface area contributed by atoms with Gasteiger partial charge in [0.25, 0.3) is 0 Å². The summed E-state index contributed by atoms with van der Waals surface area (Å²) in [6, 6.07) is 5.32. The zero-order chi connectivity index (χ0) is 16.6. The molecule has 0 aliphatic carbocycles. The number of rotatable bonds is 4. The summed E-state index contributed by atoms with van der Waals surface area (Å²) in [4.78, 5) is 7.23. The standard InChI is InChI=1S/C15H18ClN3O2S2/c1-11-15(22-10-17-11)5-8-23(20,21)19-7-6-18(2)14-9-12(16)3-4-13(14)19/h3-4,9-10H,5-8H2,1-2H3. The molecule has 3 rings (SSSR count). The Labute approximate surface area is 145 Å². The molecule has 8 heteroatoms. The molecular formula is C15H18ClN3O2S2. The van der Waals surface area contributed by atoms with Crippen LogP contribution in [0.1, 0.15) is 10.6 Å². The minimum absolute atomic E-state index is 0.0851. The third-order valence-electron chi connectivity index (χ3n) is 4.02. The molecule has 0 bridgehead atoms. The smallest absolute Gasteiger partial charge is 0.235 e. The van der Waals surface area contributed by atoms with Gasteiger partial charge in [-0.2, -0.15) is 0 Å². The lowest BCUT2D eigenvalue weighted by atomic mass is 10.2. The molecule has 1 aliphatic heterocycles. The normalized spacial score (nSPS) is 14.9.